The van der Waals surface area contributed by atoms with Gasteiger partial charge in [0.2, 0.25) is 11.9 Å². The van der Waals surface area contributed by atoms with Crippen LogP contribution in [0.5, 0.6) is 0 Å². The number of aliphatic hydroxyl groups excluding tert-OH is 1. The number of aliphatic hydroxyl groups is 1. The van der Waals surface area contributed by atoms with E-state index in [0.29, 0.717) is 5.56 Å². The molecule has 1 aromatic carbocycles. The van der Waals surface area contributed by atoms with Crippen LogP contribution in [0.1, 0.15) is 70.3 Å². The van der Waals surface area contributed by atoms with Crippen molar-refractivity contribution in [1.29, 1.82) is 5.26 Å². The number of rotatable bonds is 19. The van der Waals surface area contributed by atoms with E-state index in [1.165, 1.54) is 28.1 Å². The Kier molecular flexibility index (Phi) is 15.7. The molecule has 7 rings (SSSR count). The van der Waals surface area contributed by atoms with Gasteiger partial charge in [-0.1, -0.05) is 52.8 Å². The standard InChI is InChI=1S/C40H51N11O13P2Si/c1-22(2)34(53)48-39-47-33-28(36(55)49-39)45-21-51(33)38-30(29(26(17-52)61-38)64-67(6,7)40(3,4)5)63-66(58-15-11-14-41)59-18-24-16-25(62-65(56)57)37(60-24)50-20-44-27-31(42-19-43-32(27)50)46-35(54)23-12-9-8-10-13-23/h8-10,12-13,19-22,24-26,29-30,37-38,52H,11,15-18H2,1-7H3,(H3-,42,43,46,47,48,49,53,54,55,56,57)/p+1/t24-,25+,26+,29+,30+,37+,38+,66?/m0/s1. The third kappa shape index (κ3) is 11.3. The minimum absolute atomic E-state index is 0.0309. The summed E-state index contributed by atoms with van der Waals surface area (Å²) in [5, 5.41) is 25.2. The predicted octanol–water partition coefficient (Wildman–Crippen LogP) is 4.97. The first-order chi connectivity index (χ1) is 31.9. The minimum Gasteiger partial charge on any atom is -0.408 e. The van der Waals surface area contributed by atoms with E-state index < -0.39 is 92.1 Å². The molecule has 2 fully saturated rings. The van der Waals surface area contributed by atoms with Crippen LogP contribution in [0, 0.1) is 17.2 Å². The van der Waals surface area contributed by atoms with Gasteiger partial charge in [-0.05, 0) is 30.3 Å². The lowest BCUT2D eigenvalue weighted by molar-refractivity contribution is -0.118. The van der Waals surface area contributed by atoms with Gasteiger partial charge >= 0.3 is 16.9 Å². The third-order valence-electron chi connectivity index (χ3n) is 11.4. The molecule has 4 aromatic heterocycles. The topological polar surface area (TPSA) is 311 Å². The zero-order valence-corrected chi connectivity index (χ0v) is 40.4. The molecule has 67 heavy (non-hydrogen) atoms. The fourth-order valence-corrected chi connectivity index (χ4v) is 9.86. The van der Waals surface area contributed by atoms with E-state index in [4.69, 9.17) is 32.0 Å². The molecular weight excluding hydrogens is 933 g/mol. The molecule has 0 aliphatic carbocycles. The highest BCUT2D eigenvalue weighted by Crippen LogP contribution is 2.50. The van der Waals surface area contributed by atoms with Crippen molar-refractivity contribution in [3.05, 3.63) is 65.2 Å². The number of ether oxygens (including phenoxy) is 2. The van der Waals surface area contributed by atoms with Crippen molar-refractivity contribution in [3.63, 3.8) is 0 Å². The van der Waals surface area contributed by atoms with Crippen molar-refractivity contribution in [2.24, 2.45) is 5.92 Å². The fourth-order valence-electron chi connectivity index (χ4n) is 6.97. The van der Waals surface area contributed by atoms with Crippen LogP contribution in [0.25, 0.3) is 22.3 Å². The second-order valence-electron chi connectivity index (χ2n) is 17.4. The number of aromatic nitrogens is 8. The number of carbonyl (C=O) groups is 2. The van der Waals surface area contributed by atoms with Gasteiger partial charge in [0.15, 0.2) is 55.0 Å². The maximum Gasteiger partial charge on any atom is 0.695 e. The van der Waals surface area contributed by atoms with E-state index in [1.54, 1.807) is 44.2 Å². The van der Waals surface area contributed by atoms with Gasteiger partial charge in [0.05, 0.1) is 51.1 Å². The number of H-pyrrole nitrogens is 1. The smallest absolute Gasteiger partial charge is 0.408 e. The summed E-state index contributed by atoms with van der Waals surface area (Å²) in [6.45, 7) is 12.7. The normalized spacial score (nSPS) is 22.9. The Morgan fingerprint density at radius 2 is 1.75 bits per heavy atom. The second-order valence-corrected chi connectivity index (χ2v) is 24.1. The number of carbonyl (C=O) groups excluding carboxylic acids is 2. The monoisotopic (exact) mass is 984 g/mol. The number of amides is 2. The van der Waals surface area contributed by atoms with Crippen molar-refractivity contribution >= 4 is 71.1 Å². The Bertz CT molecular complexity index is 2680. The minimum atomic E-state index is -3.11. The molecule has 2 unspecified atom stereocenters. The van der Waals surface area contributed by atoms with Crippen LogP contribution in [-0.4, -0.2) is 120 Å². The highest BCUT2D eigenvalue weighted by atomic mass is 31.2. The van der Waals surface area contributed by atoms with Crippen molar-refractivity contribution < 1.29 is 56.1 Å². The van der Waals surface area contributed by atoms with Gasteiger partial charge in [0.1, 0.15) is 24.6 Å². The fraction of sp³-hybridized carbons (Fsp3) is 0.525. The van der Waals surface area contributed by atoms with Crippen LogP contribution in [0.15, 0.2) is 54.1 Å². The molecular formula is C40H52N11O13P2Si+. The Balaban J connectivity index is 1.17. The van der Waals surface area contributed by atoms with Crippen molar-refractivity contribution in [3.8, 4) is 6.07 Å². The van der Waals surface area contributed by atoms with Crippen LogP contribution < -0.4 is 16.2 Å². The van der Waals surface area contributed by atoms with Gasteiger partial charge in [0.25, 0.3) is 11.5 Å². The molecule has 2 aliphatic heterocycles. The van der Waals surface area contributed by atoms with Crippen molar-refractivity contribution in [2.75, 3.05) is 30.5 Å². The van der Waals surface area contributed by atoms with Gasteiger partial charge in [-0.2, -0.15) is 10.2 Å². The highest BCUT2D eigenvalue weighted by molar-refractivity contribution is 7.41. The summed E-state index contributed by atoms with van der Waals surface area (Å²) in [5.74, 6) is -1.24. The number of anilines is 2. The molecule has 2 aliphatic rings. The largest absolute Gasteiger partial charge is 0.695 e. The predicted molar refractivity (Wildman–Crippen MR) is 242 cm³/mol. The number of nitrogens with zero attached hydrogens (tertiary/aromatic N) is 8. The average Bonchev–Trinajstić information content (AvgIpc) is 4.07. The number of benzene rings is 1. The van der Waals surface area contributed by atoms with Crippen LogP contribution in [0.3, 0.4) is 0 Å². The summed E-state index contributed by atoms with van der Waals surface area (Å²) >= 11 is 0. The Labute approximate surface area is 386 Å². The molecule has 24 nitrogen and oxygen atoms in total. The van der Waals surface area contributed by atoms with Gasteiger partial charge in [-0.25, -0.2) is 19.9 Å². The van der Waals surface area contributed by atoms with Crippen LogP contribution in [-0.2, 0) is 41.4 Å². The number of aromatic amines is 1. The lowest BCUT2D eigenvalue weighted by atomic mass is 10.1. The summed E-state index contributed by atoms with van der Waals surface area (Å²) in [5.41, 5.74) is 0.173. The summed E-state index contributed by atoms with van der Waals surface area (Å²) in [4.78, 5) is 73.1. The van der Waals surface area contributed by atoms with E-state index in [0.717, 1.165) is 0 Å². The van der Waals surface area contributed by atoms with Crippen LogP contribution >= 0.6 is 16.9 Å². The Morgan fingerprint density at radius 3 is 2.42 bits per heavy atom. The second kappa shape index (κ2) is 21.1. The summed E-state index contributed by atoms with van der Waals surface area (Å²) in [6, 6.07) is 10.6. The lowest BCUT2D eigenvalue weighted by Gasteiger charge is -2.40. The van der Waals surface area contributed by atoms with Crippen molar-refractivity contribution in [1.82, 2.24) is 39.0 Å². The lowest BCUT2D eigenvalue weighted by Crippen LogP contribution is -2.50. The number of fused-ring (bicyclic) bond motifs is 2. The number of nitriles is 1. The molecule has 2 amide bonds. The molecule has 5 N–H and O–H groups in total. The first-order valence-corrected chi connectivity index (χ1v) is 26.4. The number of imidazole rings is 2. The molecule has 0 radical (unpaired) electrons. The molecule has 9 atom stereocenters. The van der Waals surface area contributed by atoms with Gasteiger partial charge in [-0.3, -0.25) is 33.8 Å². The molecule has 0 bridgehead atoms. The van der Waals surface area contributed by atoms with E-state index in [9.17, 15) is 34.2 Å². The number of hydrogen-bond donors (Lipinski definition) is 5. The summed E-state index contributed by atoms with van der Waals surface area (Å²) in [7, 11) is -8.18. The van der Waals surface area contributed by atoms with Crippen LogP contribution in [0.4, 0.5) is 11.8 Å². The number of nitrogens with one attached hydrogen (secondary N) is 3. The Hall–Kier alpha value is -5.06. The molecule has 2 saturated heterocycles. The molecule has 0 saturated carbocycles. The van der Waals surface area contributed by atoms with E-state index >= 15 is 0 Å². The van der Waals surface area contributed by atoms with E-state index in [1.807, 2.05) is 39.9 Å². The maximum absolute atomic E-state index is 13.2. The SMILES string of the molecule is CC(C)C(=O)Nc1nc2c(ncn2[C@@H]2O[C@H](CO)[C@@H](O[Si](C)(C)C(C)(C)C)[C@H]2OP(OCCC#N)OC[C@@H]2C[C@@H](O[P+](=O)O)[C@H](n3cnc4c(NC(=O)c5ccccc5)ncnc43)O2)c(=O)[nH]1. The quantitative estimate of drug-likeness (QED) is 0.0414. The first-order valence-electron chi connectivity index (χ1n) is 21.2. The van der Waals surface area contributed by atoms with Gasteiger partial charge < -0.3 is 37.9 Å². The van der Waals surface area contributed by atoms with Crippen molar-refractivity contribution in [2.45, 2.75) is 109 Å². The molecule has 5 aromatic rings. The summed E-state index contributed by atoms with van der Waals surface area (Å²) < 4.78 is 59.3. The molecule has 6 heterocycles. The average molecular weight is 985 g/mol. The molecule has 358 valence electrons. The molecule has 0 spiro atoms. The molecule has 27 heteroatoms. The van der Waals surface area contributed by atoms with Gasteiger partial charge in [0, 0.05) is 22.5 Å². The Morgan fingerprint density at radius 1 is 1.03 bits per heavy atom. The zero-order chi connectivity index (χ0) is 48.2. The maximum atomic E-state index is 13.2. The van der Waals surface area contributed by atoms with E-state index in [-0.39, 0.29) is 71.1 Å². The van der Waals surface area contributed by atoms with Crippen LogP contribution in [0.2, 0.25) is 18.1 Å². The first kappa shape index (κ1) is 49.8. The highest BCUT2D eigenvalue weighted by Gasteiger charge is 2.53. The zero-order valence-electron chi connectivity index (χ0n) is 37.6. The summed E-state index contributed by atoms with van der Waals surface area (Å²) in [6.07, 6.45) is -3.19. The number of hydrogen-bond acceptors (Lipinski definition) is 18. The van der Waals surface area contributed by atoms with Gasteiger partial charge in [-0.15, -0.1) is 9.42 Å². The van der Waals surface area contributed by atoms with E-state index in [2.05, 4.69) is 40.5 Å². The third-order valence-corrected chi connectivity index (χ3v) is 17.5.